The lowest BCUT2D eigenvalue weighted by Crippen LogP contribution is -2.52. The summed E-state index contributed by atoms with van der Waals surface area (Å²) in [6, 6.07) is 3.99. The third kappa shape index (κ3) is 6.72. The first-order chi connectivity index (χ1) is 16.4. The molecular formula is C25H35N3O7. The van der Waals surface area contributed by atoms with E-state index in [0.29, 0.717) is 18.4 Å². The van der Waals surface area contributed by atoms with Gasteiger partial charge in [0.2, 0.25) is 5.91 Å². The largest absolute Gasteiger partial charge is 0.481 e. The number of ether oxygens (including phenoxy) is 1. The Kier molecular flexibility index (Phi) is 8.04. The summed E-state index contributed by atoms with van der Waals surface area (Å²) in [5.41, 5.74) is 6.96. The molecule has 3 rings (SSSR count). The van der Waals surface area contributed by atoms with Crippen molar-refractivity contribution in [1.29, 1.82) is 0 Å². The fourth-order valence-electron chi connectivity index (χ4n) is 4.94. The summed E-state index contributed by atoms with van der Waals surface area (Å²) >= 11 is 0. The van der Waals surface area contributed by atoms with Gasteiger partial charge < -0.3 is 30.9 Å². The molecule has 4 atom stereocenters. The molecule has 10 nitrogen and oxygen atoms in total. The Morgan fingerprint density at radius 3 is 2.60 bits per heavy atom. The summed E-state index contributed by atoms with van der Waals surface area (Å²) in [6.45, 7) is 5.50. The quantitative estimate of drug-likeness (QED) is 0.434. The molecule has 2 aliphatic rings. The average Bonchev–Trinajstić information content (AvgIpc) is 3.04. The van der Waals surface area contributed by atoms with Crippen LogP contribution in [-0.4, -0.2) is 62.8 Å². The lowest BCUT2D eigenvalue weighted by Gasteiger charge is -2.36. The number of benzene rings is 1. The standard InChI is InChI=1S/C25H35N3O7/c1-25(2,3)35-24(34)27-21-15(5-4-6-19(21)29)11-14-7-8-17-16(12-14)13-28(23(17)33)18(22(26)32)9-10-20(30)31/h7-8,12,15,18-19,21,29H,4-6,9-11,13H2,1-3H3,(H2,26,32)(H,27,34)(H,30,31)/t15-,18?,19+,21-/m1/s1. The van der Waals surface area contributed by atoms with Crippen molar-refractivity contribution in [1.82, 2.24) is 10.2 Å². The number of amides is 3. The van der Waals surface area contributed by atoms with E-state index < -0.39 is 41.8 Å². The SMILES string of the molecule is CC(C)(C)OC(=O)N[C@@H]1[C@@H](Cc2ccc3c(c2)CN(C(CCC(=O)O)C(N)=O)C3=O)CCC[C@@H]1O. The predicted molar refractivity (Wildman–Crippen MR) is 126 cm³/mol. The maximum absolute atomic E-state index is 12.9. The third-order valence-corrected chi connectivity index (χ3v) is 6.52. The summed E-state index contributed by atoms with van der Waals surface area (Å²) in [5, 5.41) is 22.4. The van der Waals surface area contributed by atoms with Crippen LogP contribution in [0.25, 0.3) is 0 Å². The van der Waals surface area contributed by atoms with E-state index in [1.165, 1.54) is 4.90 Å². The van der Waals surface area contributed by atoms with E-state index in [-0.39, 0.29) is 31.2 Å². The lowest BCUT2D eigenvalue weighted by atomic mass is 9.79. The molecule has 0 saturated heterocycles. The number of alkyl carbamates (subject to hydrolysis) is 1. The predicted octanol–water partition coefficient (Wildman–Crippen LogP) is 1.96. The average molecular weight is 490 g/mol. The number of nitrogens with zero attached hydrogens (tertiary/aromatic N) is 1. The fourth-order valence-corrected chi connectivity index (χ4v) is 4.94. The molecule has 0 spiro atoms. The minimum absolute atomic E-state index is 0.0218. The number of primary amides is 1. The van der Waals surface area contributed by atoms with Crippen LogP contribution in [0.3, 0.4) is 0 Å². The van der Waals surface area contributed by atoms with Crippen LogP contribution in [0, 0.1) is 5.92 Å². The summed E-state index contributed by atoms with van der Waals surface area (Å²) < 4.78 is 5.37. The maximum Gasteiger partial charge on any atom is 0.407 e. The number of aliphatic carboxylic acids is 1. The molecule has 35 heavy (non-hydrogen) atoms. The zero-order chi connectivity index (χ0) is 25.9. The highest BCUT2D eigenvalue weighted by molar-refractivity contribution is 6.01. The number of aliphatic hydroxyl groups is 1. The Balaban J connectivity index is 1.73. The molecule has 0 radical (unpaired) electrons. The van der Waals surface area contributed by atoms with Crippen molar-refractivity contribution in [2.75, 3.05) is 0 Å². The van der Waals surface area contributed by atoms with Crippen molar-refractivity contribution < 1.29 is 34.1 Å². The minimum atomic E-state index is -1.06. The summed E-state index contributed by atoms with van der Waals surface area (Å²) in [7, 11) is 0. The van der Waals surface area contributed by atoms with Crippen LogP contribution in [-0.2, 0) is 27.3 Å². The van der Waals surface area contributed by atoms with Crippen molar-refractivity contribution in [2.24, 2.45) is 11.7 Å². The van der Waals surface area contributed by atoms with Crippen LogP contribution in [0.4, 0.5) is 4.79 Å². The highest BCUT2D eigenvalue weighted by atomic mass is 16.6. The van der Waals surface area contributed by atoms with Crippen LogP contribution < -0.4 is 11.1 Å². The van der Waals surface area contributed by atoms with Gasteiger partial charge in [0, 0.05) is 18.5 Å². The van der Waals surface area contributed by atoms with Gasteiger partial charge in [0.05, 0.1) is 12.1 Å². The molecule has 1 fully saturated rings. The van der Waals surface area contributed by atoms with Gasteiger partial charge in [-0.3, -0.25) is 14.4 Å². The molecule has 10 heteroatoms. The van der Waals surface area contributed by atoms with Gasteiger partial charge in [0.1, 0.15) is 11.6 Å². The summed E-state index contributed by atoms with van der Waals surface area (Å²) in [5.74, 6) is -2.17. The van der Waals surface area contributed by atoms with Crippen molar-refractivity contribution in [3.8, 4) is 0 Å². The Morgan fingerprint density at radius 2 is 1.97 bits per heavy atom. The third-order valence-electron chi connectivity index (χ3n) is 6.52. The van der Waals surface area contributed by atoms with Crippen LogP contribution in [0.15, 0.2) is 18.2 Å². The van der Waals surface area contributed by atoms with E-state index in [9.17, 15) is 24.3 Å². The van der Waals surface area contributed by atoms with Crippen LogP contribution >= 0.6 is 0 Å². The summed E-state index contributed by atoms with van der Waals surface area (Å²) in [4.78, 5) is 49.5. The van der Waals surface area contributed by atoms with Gasteiger partial charge in [-0.2, -0.15) is 0 Å². The number of hydrogen-bond donors (Lipinski definition) is 4. The molecule has 5 N–H and O–H groups in total. The normalized spacial score (nSPS) is 22.9. The second-order valence-corrected chi connectivity index (χ2v) is 10.4. The zero-order valence-electron chi connectivity index (χ0n) is 20.5. The number of carbonyl (C=O) groups excluding carboxylic acids is 3. The van der Waals surface area contributed by atoms with E-state index in [1.54, 1.807) is 26.8 Å². The molecular weight excluding hydrogens is 454 g/mol. The number of hydrogen-bond acceptors (Lipinski definition) is 6. The molecule has 1 unspecified atom stereocenters. The fraction of sp³-hybridized carbons (Fsp3) is 0.600. The second kappa shape index (κ2) is 10.6. The lowest BCUT2D eigenvalue weighted by molar-refractivity contribution is -0.137. The second-order valence-electron chi connectivity index (χ2n) is 10.4. The Hall–Kier alpha value is -3.14. The van der Waals surface area contributed by atoms with E-state index >= 15 is 0 Å². The Bertz CT molecular complexity index is 988. The molecule has 0 aromatic heterocycles. The van der Waals surface area contributed by atoms with Gasteiger partial charge >= 0.3 is 12.1 Å². The van der Waals surface area contributed by atoms with Gasteiger partial charge in [-0.1, -0.05) is 18.6 Å². The smallest absolute Gasteiger partial charge is 0.407 e. The highest BCUT2D eigenvalue weighted by Gasteiger charge is 2.37. The monoisotopic (exact) mass is 489 g/mol. The first-order valence-corrected chi connectivity index (χ1v) is 12.0. The first kappa shape index (κ1) is 26.5. The van der Waals surface area contributed by atoms with E-state index in [1.807, 2.05) is 12.1 Å². The van der Waals surface area contributed by atoms with E-state index in [4.69, 9.17) is 15.6 Å². The van der Waals surface area contributed by atoms with Gasteiger partial charge in [0.15, 0.2) is 0 Å². The molecule has 1 aromatic rings. The Morgan fingerprint density at radius 1 is 1.26 bits per heavy atom. The molecule has 3 amide bonds. The van der Waals surface area contributed by atoms with Gasteiger partial charge in [0.25, 0.3) is 5.91 Å². The van der Waals surface area contributed by atoms with Gasteiger partial charge in [-0.05, 0) is 69.6 Å². The van der Waals surface area contributed by atoms with Gasteiger partial charge in [-0.15, -0.1) is 0 Å². The number of carboxylic acids is 1. The number of rotatable bonds is 8. The number of fused-ring (bicyclic) bond motifs is 1. The van der Waals surface area contributed by atoms with Crippen molar-refractivity contribution >= 4 is 23.9 Å². The molecule has 1 heterocycles. The van der Waals surface area contributed by atoms with Crippen LogP contribution in [0.1, 0.15) is 74.4 Å². The van der Waals surface area contributed by atoms with Crippen molar-refractivity contribution in [3.05, 3.63) is 34.9 Å². The van der Waals surface area contributed by atoms with E-state index in [2.05, 4.69) is 5.32 Å². The number of carbonyl (C=O) groups is 4. The van der Waals surface area contributed by atoms with Crippen LogP contribution in [0.5, 0.6) is 0 Å². The molecule has 1 aliphatic carbocycles. The number of nitrogens with one attached hydrogen (secondary N) is 1. The molecule has 1 saturated carbocycles. The maximum atomic E-state index is 12.9. The molecule has 0 bridgehead atoms. The molecule has 1 aromatic carbocycles. The Labute approximate surface area is 204 Å². The first-order valence-electron chi connectivity index (χ1n) is 12.0. The number of nitrogens with two attached hydrogens (primary N) is 1. The molecule has 1 aliphatic heterocycles. The van der Waals surface area contributed by atoms with Crippen LogP contribution in [0.2, 0.25) is 0 Å². The van der Waals surface area contributed by atoms with E-state index in [0.717, 1.165) is 24.0 Å². The van der Waals surface area contributed by atoms with Crippen molar-refractivity contribution in [2.45, 2.75) is 89.6 Å². The minimum Gasteiger partial charge on any atom is -0.481 e. The summed E-state index contributed by atoms with van der Waals surface area (Å²) in [6.07, 6.45) is 1.26. The van der Waals surface area contributed by atoms with Crippen molar-refractivity contribution in [3.63, 3.8) is 0 Å². The number of carboxylic acid groups (broad SMARTS) is 1. The number of aliphatic hydroxyl groups excluding tert-OH is 1. The highest BCUT2D eigenvalue weighted by Crippen LogP contribution is 2.31. The van der Waals surface area contributed by atoms with Gasteiger partial charge in [-0.25, -0.2) is 4.79 Å². The topological polar surface area (TPSA) is 159 Å². The zero-order valence-corrected chi connectivity index (χ0v) is 20.5. The molecule has 192 valence electrons.